The van der Waals surface area contributed by atoms with Crippen LogP contribution in [0.5, 0.6) is 0 Å². The van der Waals surface area contributed by atoms with Crippen LogP contribution >= 0.6 is 11.8 Å². The minimum Gasteiger partial charge on any atom is -0.465 e. The number of ether oxygens (including phenoxy) is 1. The van der Waals surface area contributed by atoms with E-state index in [4.69, 9.17) is 4.74 Å². The number of thioether (sulfide) groups is 1. The lowest BCUT2D eigenvalue weighted by Crippen LogP contribution is -2.29. The molecule has 2 rings (SSSR count). The van der Waals surface area contributed by atoms with E-state index in [0.29, 0.717) is 6.61 Å². The average Bonchev–Trinajstić information content (AvgIpc) is 3.23. The Morgan fingerprint density at radius 1 is 1.25 bits per heavy atom. The first-order chi connectivity index (χ1) is 9.44. The summed E-state index contributed by atoms with van der Waals surface area (Å²) >= 11 is 1.45. The highest BCUT2D eigenvalue weighted by Gasteiger charge is 2.32. The molecule has 1 aromatic rings. The highest BCUT2D eigenvalue weighted by molar-refractivity contribution is 8.01. The lowest BCUT2D eigenvalue weighted by molar-refractivity contribution is -0.145. The summed E-state index contributed by atoms with van der Waals surface area (Å²) in [6.45, 7) is 5.88. The number of carbonyl (C=O) groups excluding carboxylic acids is 2. The Kier molecular flexibility index (Phi) is 4.53. The molecule has 0 amide bonds. The van der Waals surface area contributed by atoms with Gasteiger partial charge in [0.1, 0.15) is 4.75 Å². The van der Waals surface area contributed by atoms with Crippen LogP contribution in [-0.4, -0.2) is 23.1 Å². The van der Waals surface area contributed by atoms with Crippen molar-refractivity contribution in [2.45, 2.75) is 43.3 Å². The largest absolute Gasteiger partial charge is 0.465 e. The zero-order valence-electron chi connectivity index (χ0n) is 12.1. The van der Waals surface area contributed by atoms with Crippen LogP contribution in [0.1, 0.15) is 44.0 Å². The van der Waals surface area contributed by atoms with E-state index in [1.54, 1.807) is 6.92 Å². The number of Topliss-reactive ketones (excluding diaryl/α,β-unsaturated/α-hetero) is 1. The van der Waals surface area contributed by atoms with Crippen molar-refractivity contribution in [2.24, 2.45) is 5.92 Å². The van der Waals surface area contributed by atoms with Gasteiger partial charge in [-0.15, -0.1) is 11.8 Å². The highest BCUT2D eigenvalue weighted by Crippen LogP contribution is 2.35. The predicted octanol–water partition coefficient (Wildman–Crippen LogP) is 3.71. The molecule has 1 aromatic carbocycles. The lowest BCUT2D eigenvalue weighted by atomic mass is 10.1. The van der Waals surface area contributed by atoms with Gasteiger partial charge in [0.05, 0.1) is 6.61 Å². The minimum absolute atomic E-state index is 0.219. The molecule has 1 fully saturated rings. The third kappa shape index (κ3) is 3.63. The number of carbonyl (C=O) groups is 2. The molecule has 1 saturated carbocycles. The third-order valence-electron chi connectivity index (χ3n) is 3.23. The Labute approximate surface area is 124 Å². The van der Waals surface area contributed by atoms with E-state index < -0.39 is 4.75 Å². The summed E-state index contributed by atoms with van der Waals surface area (Å²) in [4.78, 5) is 24.7. The van der Waals surface area contributed by atoms with Gasteiger partial charge in [-0.05, 0) is 45.7 Å². The van der Waals surface area contributed by atoms with Crippen LogP contribution in [0.15, 0.2) is 29.2 Å². The molecular formula is C16H20O3S. The molecule has 3 nitrogen and oxygen atoms in total. The van der Waals surface area contributed by atoms with Gasteiger partial charge in [0, 0.05) is 16.4 Å². The fraction of sp³-hybridized carbons (Fsp3) is 0.500. The van der Waals surface area contributed by atoms with Crippen molar-refractivity contribution in [1.29, 1.82) is 0 Å². The molecule has 0 atom stereocenters. The fourth-order valence-electron chi connectivity index (χ4n) is 1.91. The van der Waals surface area contributed by atoms with Crippen molar-refractivity contribution in [3.05, 3.63) is 29.8 Å². The molecule has 0 spiro atoms. The first-order valence-corrected chi connectivity index (χ1v) is 7.76. The molecule has 1 aliphatic rings. The van der Waals surface area contributed by atoms with E-state index in [1.807, 2.05) is 38.1 Å². The second kappa shape index (κ2) is 6.00. The zero-order chi connectivity index (χ0) is 14.8. The standard InChI is InChI=1S/C16H20O3S/c1-4-19-15(18)16(2,3)20-13-9-7-12(8-10-13)14(17)11-5-6-11/h7-11H,4-6H2,1-3H3. The number of hydrogen-bond acceptors (Lipinski definition) is 4. The van der Waals surface area contributed by atoms with Gasteiger partial charge in [-0.1, -0.05) is 12.1 Å². The molecule has 4 heteroatoms. The van der Waals surface area contributed by atoms with E-state index in [9.17, 15) is 9.59 Å². The van der Waals surface area contributed by atoms with Gasteiger partial charge in [-0.25, -0.2) is 0 Å². The van der Waals surface area contributed by atoms with Gasteiger partial charge in [0.2, 0.25) is 0 Å². The van der Waals surface area contributed by atoms with Crippen molar-refractivity contribution in [2.75, 3.05) is 6.61 Å². The Morgan fingerprint density at radius 3 is 2.35 bits per heavy atom. The Morgan fingerprint density at radius 2 is 1.85 bits per heavy atom. The van der Waals surface area contributed by atoms with Crippen LogP contribution in [0.2, 0.25) is 0 Å². The summed E-state index contributed by atoms with van der Waals surface area (Å²) in [6.07, 6.45) is 2.04. The van der Waals surface area contributed by atoms with E-state index in [-0.39, 0.29) is 17.7 Å². The van der Waals surface area contributed by atoms with E-state index in [1.165, 1.54) is 11.8 Å². The molecule has 0 heterocycles. The second-order valence-corrected chi connectivity index (χ2v) is 7.19. The van der Waals surface area contributed by atoms with Crippen LogP contribution in [0.25, 0.3) is 0 Å². The van der Waals surface area contributed by atoms with Gasteiger partial charge in [-0.3, -0.25) is 9.59 Å². The number of ketones is 1. The van der Waals surface area contributed by atoms with Gasteiger partial charge in [-0.2, -0.15) is 0 Å². The predicted molar refractivity (Wildman–Crippen MR) is 80.1 cm³/mol. The number of hydrogen-bond donors (Lipinski definition) is 0. The molecular weight excluding hydrogens is 272 g/mol. The topological polar surface area (TPSA) is 43.4 Å². The summed E-state index contributed by atoms with van der Waals surface area (Å²) in [5, 5.41) is 0. The Balaban J connectivity index is 2.02. The maximum atomic E-state index is 11.9. The van der Waals surface area contributed by atoms with E-state index >= 15 is 0 Å². The molecule has 0 N–H and O–H groups in total. The van der Waals surface area contributed by atoms with Crippen LogP contribution in [0, 0.1) is 5.92 Å². The molecule has 0 radical (unpaired) electrons. The number of benzene rings is 1. The smallest absolute Gasteiger partial charge is 0.321 e. The maximum Gasteiger partial charge on any atom is 0.321 e. The van der Waals surface area contributed by atoms with Crippen molar-refractivity contribution in [1.82, 2.24) is 0 Å². The molecule has 0 aromatic heterocycles. The number of rotatable bonds is 6. The monoisotopic (exact) mass is 292 g/mol. The SMILES string of the molecule is CCOC(=O)C(C)(C)Sc1ccc(C(=O)C2CC2)cc1. The van der Waals surface area contributed by atoms with Gasteiger partial charge in [0.15, 0.2) is 5.78 Å². The third-order valence-corrected chi connectivity index (χ3v) is 4.41. The van der Waals surface area contributed by atoms with Crippen LogP contribution in [-0.2, 0) is 9.53 Å². The minimum atomic E-state index is -0.627. The highest BCUT2D eigenvalue weighted by atomic mass is 32.2. The Bertz CT molecular complexity index is 501. The van der Waals surface area contributed by atoms with Crippen LogP contribution in [0.4, 0.5) is 0 Å². The van der Waals surface area contributed by atoms with Gasteiger partial charge < -0.3 is 4.74 Å². The maximum absolute atomic E-state index is 11.9. The first-order valence-electron chi connectivity index (χ1n) is 6.94. The summed E-state index contributed by atoms with van der Waals surface area (Å²) in [5.74, 6) is 0.263. The molecule has 0 aliphatic heterocycles. The molecule has 20 heavy (non-hydrogen) atoms. The summed E-state index contributed by atoms with van der Waals surface area (Å²) in [5.41, 5.74) is 0.769. The quantitative estimate of drug-likeness (QED) is 0.455. The lowest BCUT2D eigenvalue weighted by Gasteiger charge is -2.21. The number of esters is 1. The average molecular weight is 292 g/mol. The molecule has 0 saturated heterocycles. The van der Waals surface area contributed by atoms with Gasteiger partial charge in [0.25, 0.3) is 0 Å². The van der Waals surface area contributed by atoms with Crippen molar-refractivity contribution in [3.8, 4) is 0 Å². The fourth-order valence-corrected chi connectivity index (χ4v) is 2.91. The molecule has 0 unspecified atom stereocenters. The molecule has 1 aliphatic carbocycles. The van der Waals surface area contributed by atoms with Crippen molar-refractivity contribution >= 4 is 23.5 Å². The van der Waals surface area contributed by atoms with Gasteiger partial charge >= 0.3 is 5.97 Å². The zero-order valence-corrected chi connectivity index (χ0v) is 13.0. The van der Waals surface area contributed by atoms with Crippen molar-refractivity contribution in [3.63, 3.8) is 0 Å². The molecule has 0 bridgehead atoms. The summed E-state index contributed by atoms with van der Waals surface area (Å²) in [7, 11) is 0. The normalized spacial score (nSPS) is 14.9. The Hall–Kier alpha value is -1.29. The van der Waals surface area contributed by atoms with Crippen LogP contribution < -0.4 is 0 Å². The molecule has 108 valence electrons. The second-order valence-electron chi connectivity index (χ2n) is 5.50. The van der Waals surface area contributed by atoms with E-state index in [0.717, 1.165) is 23.3 Å². The van der Waals surface area contributed by atoms with Crippen molar-refractivity contribution < 1.29 is 14.3 Å². The van der Waals surface area contributed by atoms with Crippen LogP contribution in [0.3, 0.4) is 0 Å². The first kappa shape index (κ1) is 15.1. The summed E-state index contributed by atoms with van der Waals surface area (Å²) < 4.78 is 4.44. The summed E-state index contributed by atoms with van der Waals surface area (Å²) in [6, 6.07) is 7.51. The van der Waals surface area contributed by atoms with E-state index in [2.05, 4.69) is 0 Å².